The zero-order chi connectivity index (χ0) is 12.8. The minimum Gasteiger partial charge on any atom is -0.309 e. The van der Waals surface area contributed by atoms with Crippen molar-refractivity contribution in [2.24, 2.45) is 0 Å². The van der Waals surface area contributed by atoms with Gasteiger partial charge in [-0.15, -0.1) is 11.3 Å². The zero-order valence-corrected chi connectivity index (χ0v) is 12.6. The van der Waals surface area contributed by atoms with E-state index in [4.69, 9.17) is 0 Å². The van der Waals surface area contributed by atoms with E-state index in [-0.39, 0.29) is 0 Å². The van der Waals surface area contributed by atoms with E-state index in [0.29, 0.717) is 6.04 Å². The molecule has 1 heterocycles. The zero-order valence-electron chi connectivity index (χ0n) is 11.7. The second-order valence-corrected chi connectivity index (χ2v) is 6.56. The van der Waals surface area contributed by atoms with Crippen LogP contribution < -0.4 is 5.32 Å². The molecule has 1 saturated carbocycles. The van der Waals surface area contributed by atoms with Crippen LogP contribution in [-0.4, -0.2) is 11.5 Å². The molecule has 1 unspecified atom stereocenters. The predicted molar refractivity (Wildman–Crippen MR) is 79.3 cm³/mol. The van der Waals surface area contributed by atoms with E-state index >= 15 is 0 Å². The lowest BCUT2D eigenvalue weighted by Crippen LogP contribution is -2.18. The third-order valence-corrected chi connectivity index (χ3v) is 5.22. The Balaban J connectivity index is 1.95. The highest BCUT2D eigenvalue weighted by molar-refractivity contribution is 7.11. The molecule has 102 valence electrons. The molecule has 1 atom stereocenters. The molecule has 1 aromatic heterocycles. The summed E-state index contributed by atoms with van der Waals surface area (Å²) in [6, 6.07) is 0.460. The van der Waals surface area contributed by atoms with Crippen molar-refractivity contribution < 1.29 is 0 Å². The van der Waals surface area contributed by atoms with Crippen molar-refractivity contribution in [1.82, 2.24) is 10.3 Å². The summed E-state index contributed by atoms with van der Waals surface area (Å²) >= 11 is 1.93. The van der Waals surface area contributed by atoms with Gasteiger partial charge in [-0.25, -0.2) is 4.98 Å². The monoisotopic (exact) mass is 266 g/mol. The first-order valence-electron chi connectivity index (χ1n) is 7.50. The molecule has 18 heavy (non-hydrogen) atoms. The average molecular weight is 266 g/mol. The third kappa shape index (κ3) is 3.79. The Morgan fingerprint density at radius 3 is 2.72 bits per heavy atom. The quantitative estimate of drug-likeness (QED) is 0.785. The number of hydrogen-bond acceptors (Lipinski definition) is 3. The van der Waals surface area contributed by atoms with E-state index in [2.05, 4.69) is 30.3 Å². The molecule has 2 rings (SSSR count). The summed E-state index contributed by atoms with van der Waals surface area (Å²) in [5.41, 5.74) is 0. The van der Waals surface area contributed by atoms with Gasteiger partial charge in [-0.1, -0.05) is 32.6 Å². The molecule has 1 fully saturated rings. The lowest BCUT2D eigenvalue weighted by atomic mass is 10.0. The van der Waals surface area contributed by atoms with Crippen molar-refractivity contribution in [1.29, 1.82) is 0 Å². The molecule has 0 aromatic carbocycles. The Hall–Kier alpha value is -0.410. The summed E-state index contributed by atoms with van der Waals surface area (Å²) < 4.78 is 0. The van der Waals surface area contributed by atoms with E-state index in [1.54, 1.807) is 0 Å². The van der Waals surface area contributed by atoms with Gasteiger partial charge < -0.3 is 5.32 Å². The van der Waals surface area contributed by atoms with Gasteiger partial charge in [0.25, 0.3) is 0 Å². The van der Waals surface area contributed by atoms with Crippen molar-refractivity contribution in [3.63, 3.8) is 0 Å². The highest BCUT2D eigenvalue weighted by atomic mass is 32.1. The molecule has 0 saturated heterocycles. The fourth-order valence-electron chi connectivity index (χ4n) is 2.68. The number of aromatic nitrogens is 1. The van der Waals surface area contributed by atoms with Crippen LogP contribution >= 0.6 is 11.3 Å². The van der Waals surface area contributed by atoms with Crippen LogP contribution in [0.1, 0.15) is 80.6 Å². The number of thiazole rings is 1. The third-order valence-electron chi connectivity index (χ3n) is 3.87. The number of nitrogens with zero attached hydrogens (tertiary/aromatic N) is 1. The molecule has 1 N–H and O–H groups in total. The van der Waals surface area contributed by atoms with Gasteiger partial charge in [0.15, 0.2) is 0 Å². The Labute approximate surface area is 115 Å². The first kappa shape index (κ1) is 14.0. The van der Waals surface area contributed by atoms with Gasteiger partial charge in [0.1, 0.15) is 0 Å². The van der Waals surface area contributed by atoms with Crippen molar-refractivity contribution in [3.8, 4) is 0 Å². The summed E-state index contributed by atoms with van der Waals surface area (Å²) in [5, 5.41) is 4.93. The van der Waals surface area contributed by atoms with Gasteiger partial charge in [0.05, 0.1) is 5.01 Å². The predicted octanol–water partition coefficient (Wildman–Crippen LogP) is 4.64. The fraction of sp³-hybridized carbons (Fsp3) is 0.800. The van der Waals surface area contributed by atoms with E-state index in [0.717, 1.165) is 12.5 Å². The van der Waals surface area contributed by atoms with E-state index < -0.39 is 0 Å². The van der Waals surface area contributed by atoms with Crippen molar-refractivity contribution in [3.05, 3.63) is 16.1 Å². The summed E-state index contributed by atoms with van der Waals surface area (Å²) in [6.07, 6.45) is 11.6. The second kappa shape index (κ2) is 7.25. The molecular formula is C15H26N2S. The van der Waals surface area contributed by atoms with Gasteiger partial charge in [-0.05, 0) is 32.7 Å². The van der Waals surface area contributed by atoms with Crippen molar-refractivity contribution in [2.75, 3.05) is 6.54 Å². The van der Waals surface area contributed by atoms with Gasteiger partial charge in [-0.3, -0.25) is 0 Å². The molecule has 1 aliphatic carbocycles. The van der Waals surface area contributed by atoms with Crippen LogP contribution in [0, 0.1) is 0 Å². The maximum atomic E-state index is 4.69. The molecular weight excluding hydrogens is 240 g/mol. The number of hydrogen-bond donors (Lipinski definition) is 1. The van der Waals surface area contributed by atoms with Crippen molar-refractivity contribution >= 4 is 11.3 Å². The molecule has 1 aliphatic rings. The molecule has 0 spiro atoms. The molecule has 2 nitrogen and oxygen atoms in total. The normalized spacial score (nSPS) is 19.7. The van der Waals surface area contributed by atoms with Crippen LogP contribution in [0.25, 0.3) is 0 Å². The van der Waals surface area contributed by atoms with Gasteiger partial charge in [0, 0.05) is 23.0 Å². The van der Waals surface area contributed by atoms with E-state index in [1.807, 2.05) is 11.3 Å². The summed E-state index contributed by atoms with van der Waals surface area (Å²) in [6.45, 7) is 5.56. The fourth-order valence-corrected chi connectivity index (χ4v) is 3.79. The topological polar surface area (TPSA) is 24.9 Å². The minimum atomic E-state index is 0.460. The first-order valence-corrected chi connectivity index (χ1v) is 8.32. The second-order valence-electron chi connectivity index (χ2n) is 5.47. The highest BCUT2D eigenvalue weighted by Crippen LogP contribution is 2.35. The molecule has 0 bridgehead atoms. The molecule has 0 radical (unpaired) electrons. The summed E-state index contributed by atoms with van der Waals surface area (Å²) in [7, 11) is 0. The van der Waals surface area contributed by atoms with Gasteiger partial charge in [-0.2, -0.15) is 0 Å². The minimum absolute atomic E-state index is 0.460. The Morgan fingerprint density at radius 1 is 1.33 bits per heavy atom. The maximum absolute atomic E-state index is 4.69. The molecule has 3 heteroatoms. The number of nitrogens with one attached hydrogen (secondary N) is 1. The average Bonchev–Trinajstić information content (AvgIpc) is 2.72. The van der Waals surface area contributed by atoms with E-state index in [9.17, 15) is 0 Å². The number of rotatable bonds is 5. The Bertz CT molecular complexity index is 340. The van der Waals surface area contributed by atoms with Crippen LogP contribution in [0.15, 0.2) is 6.20 Å². The largest absolute Gasteiger partial charge is 0.309 e. The standard InChI is InChI=1S/C15H26N2S/c1-3-10-16-12(2)14-11-17-15(18-14)13-8-6-4-5-7-9-13/h11-13,16H,3-10H2,1-2H3. The van der Waals surface area contributed by atoms with Crippen LogP contribution in [-0.2, 0) is 0 Å². The summed E-state index contributed by atoms with van der Waals surface area (Å²) in [4.78, 5) is 6.09. The molecule has 0 amide bonds. The molecule has 1 aromatic rings. The highest BCUT2D eigenvalue weighted by Gasteiger charge is 2.18. The molecule has 0 aliphatic heterocycles. The van der Waals surface area contributed by atoms with Crippen LogP contribution in [0.5, 0.6) is 0 Å². The van der Waals surface area contributed by atoms with Crippen molar-refractivity contribution in [2.45, 2.75) is 70.8 Å². The Kier molecular flexibility index (Phi) is 5.64. The van der Waals surface area contributed by atoms with Gasteiger partial charge in [0.2, 0.25) is 0 Å². The van der Waals surface area contributed by atoms with Crippen LogP contribution in [0.4, 0.5) is 0 Å². The van der Waals surface area contributed by atoms with E-state index in [1.165, 1.54) is 54.8 Å². The first-order chi connectivity index (χ1) is 8.81. The van der Waals surface area contributed by atoms with Crippen LogP contribution in [0.3, 0.4) is 0 Å². The lowest BCUT2D eigenvalue weighted by molar-refractivity contribution is 0.577. The maximum Gasteiger partial charge on any atom is 0.0959 e. The van der Waals surface area contributed by atoms with Gasteiger partial charge >= 0.3 is 0 Å². The lowest BCUT2D eigenvalue weighted by Gasteiger charge is -2.11. The smallest absolute Gasteiger partial charge is 0.0959 e. The Morgan fingerprint density at radius 2 is 2.06 bits per heavy atom. The summed E-state index contributed by atoms with van der Waals surface area (Å²) in [5.74, 6) is 0.740. The van der Waals surface area contributed by atoms with Crippen LogP contribution in [0.2, 0.25) is 0 Å². The SMILES string of the molecule is CCCNC(C)c1cnc(C2CCCCCC2)s1.